The minimum Gasteiger partial charge on any atom is -0.497 e. The van der Waals surface area contributed by atoms with Gasteiger partial charge in [-0.3, -0.25) is 4.79 Å². The van der Waals surface area contributed by atoms with E-state index in [0.717, 1.165) is 28.8 Å². The molecule has 3 rings (SSSR count). The Labute approximate surface area is 121 Å². The lowest BCUT2D eigenvalue weighted by Crippen LogP contribution is -2.32. The first-order chi connectivity index (χ1) is 9.17. The molecule has 0 aromatic heterocycles. The van der Waals surface area contributed by atoms with Crippen LogP contribution in [0.3, 0.4) is 0 Å². The molecular weight excluding hydrogens is 308 g/mol. The fourth-order valence-electron chi connectivity index (χ4n) is 3.07. The van der Waals surface area contributed by atoms with Crippen molar-refractivity contribution in [3.63, 3.8) is 0 Å². The highest BCUT2D eigenvalue weighted by atomic mass is 79.9. The summed E-state index contributed by atoms with van der Waals surface area (Å²) >= 11 is 3.45. The predicted molar refractivity (Wildman–Crippen MR) is 77.4 cm³/mol. The molecule has 2 N–H and O–H groups in total. The number of nitrogens with one attached hydrogen (secondary N) is 2. The molecule has 2 bridgehead atoms. The maximum Gasteiger partial charge on any atom is 0.229 e. The smallest absolute Gasteiger partial charge is 0.229 e. The van der Waals surface area contributed by atoms with E-state index in [1.165, 1.54) is 6.42 Å². The lowest BCUT2D eigenvalue weighted by Gasteiger charge is -2.20. The molecule has 4 nitrogen and oxygen atoms in total. The zero-order chi connectivity index (χ0) is 13.4. The minimum atomic E-state index is 0.0943. The molecule has 2 heterocycles. The number of carbonyl (C=O) groups excluding carboxylic acids is 1. The fourth-order valence-corrected chi connectivity index (χ4v) is 3.41. The highest BCUT2D eigenvalue weighted by Gasteiger charge is 2.42. The number of fused-ring (bicyclic) bond motifs is 2. The Bertz CT molecular complexity index is 506. The van der Waals surface area contributed by atoms with Crippen LogP contribution in [0, 0.1) is 5.92 Å². The van der Waals surface area contributed by atoms with Crippen LogP contribution in [-0.2, 0) is 4.79 Å². The minimum absolute atomic E-state index is 0.0943. The molecule has 3 unspecified atom stereocenters. The van der Waals surface area contributed by atoms with Crippen molar-refractivity contribution < 1.29 is 9.53 Å². The summed E-state index contributed by atoms with van der Waals surface area (Å²) in [5.74, 6) is 0.940. The van der Waals surface area contributed by atoms with Gasteiger partial charge in [0.15, 0.2) is 0 Å². The standard InChI is InChI=1S/C14H17BrN2O2/c1-19-9-3-4-11(15)13(7-9)17-14(18)10-6-8-2-5-12(10)16-8/h3-4,7-8,10,12,16H,2,5-6H2,1H3,(H,17,18). The average molecular weight is 325 g/mol. The predicted octanol–water partition coefficient (Wildman–Crippen LogP) is 2.54. The molecule has 0 saturated carbocycles. The van der Waals surface area contributed by atoms with Gasteiger partial charge in [0.05, 0.1) is 18.7 Å². The molecule has 1 amide bonds. The van der Waals surface area contributed by atoms with Crippen LogP contribution in [0.5, 0.6) is 5.75 Å². The third-order valence-electron chi connectivity index (χ3n) is 4.07. The SMILES string of the molecule is COc1ccc(Br)c(NC(=O)C2CC3CCC2N3)c1. The van der Waals surface area contributed by atoms with E-state index in [1.54, 1.807) is 7.11 Å². The van der Waals surface area contributed by atoms with Gasteiger partial charge in [-0.2, -0.15) is 0 Å². The second kappa shape index (κ2) is 5.13. The van der Waals surface area contributed by atoms with Crippen LogP contribution >= 0.6 is 15.9 Å². The second-order valence-corrected chi connectivity index (χ2v) is 6.08. The molecule has 1 aromatic rings. The molecule has 0 spiro atoms. The molecule has 0 radical (unpaired) electrons. The lowest BCUT2D eigenvalue weighted by atomic mass is 9.88. The number of benzene rings is 1. The van der Waals surface area contributed by atoms with Gasteiger partial charge in [-0.25, -0.2) is 0 Å². The normalized spacial score (nSPS) is 28.4. The number of rotatable bonds is 3. The summed E-state index contributed by atoms with van der Waals surface area (Å²) in [6.45, 7) is 0. The van der Waals surface area contributed by atoms with Gasteiger partial charge in [0, 0.05) is 22.6 Å². The van der Waals surface area contributed by atoms with E-state index >= 15 is 0 Å². The first-order valence-corrected chi connectivity index (χ1v) is 7.37. The maximum atomic E-state index is 12.3. The van der Waals surface area contributed by atoms with Crippen LogP contribution in [0.15, 0.2) is 22.7 Å². The topological polar surface area (TPSA) is 50.4 Å². The van der Waals surface area contributed by atoms with E-state index < -0.39 is 0 Å². The van der Waals surface area contributed by atoms with Crippen molar-refractivity contribution in [3.8, 4) is 5.75 Å². The monoisotopic (exact) mass is 324 g/mol. The Kier molecular flexibility index (Phi) is 3.50. The zero-order valence-corrected chi connectivity index (χ0v) is 12.4. The maximum absolute atomic E-state index is 12.3. The van der Waals surface area contributed by atoms with Crippen LogP contribution in [0.4, 0.5) is 5.69 Å². The number of hydrogen-bond acceptors (Lipinski definition) is 3. The molecule has 2 aliphatic heterocycles. The summed E-state index contributed by atoms with van der Waals surface area (Å²) in [6.07, 6.45) is 3.28. The van der Waals surface area contributed by atoms with E-state index in [2.05, 4.69) is 26.6 Å². The number of amides is 1. The largest absolute Gasteiger partial charge is 0.497 e. The lowest BCUT2D eigenvalue weighted by molar-refractivity contribution is -0.120. The van der Waals surface area contributed by atoms with Crippen molar-refractivity contribution in [3.05, 3.63) is 22.7 Å². The first kappa shape index (κ1) is 12.9. The molecule has 1 aromatic carbocycles. The van der Waals surface area contributed by atoms with Gasteiger partial charge in [-0.05, 0) is 47.3 Å². The summed E-state index contributed by atoms with van der Waals surface area (Å²) in [4.78, 5) is 12.3. The summed E-state index contributed by atoms with van der Waals surface area (Å²) in [5.41, 5.74) is 0.770. The van der Waals surface area contributed by atoms with Crippen molar-refractivity contribution in [1.82, 2.24) is 5.32 Å². The molecule has 2 saturated heterocycles. The Morgan fingerprint density at radius 1 is 1.47 bits per heavy atom. The number of anilines is 1. The molecule has 2 aliphatic rings. The van der Waals surface area contributed by atoms with Gasteiger partial charge < -0.3 is 15.4 Å². The number of halogens is 1. The third-order valence-corrected chi connectivity index (χ3v) is 4.76. The van der Waals surface area contributed by atoms with Gasteiger partial charge in [0.2, 0.25) is 5.91 Å². The zero-order valence-electron chi connectivity index (χ0n) is 10.8. The first-order valence-electron chi connectivity index (χ1n) is 6.58. The molecule has 3 atom stereocenters. The van der Waals surface area contributed by atoms with E-state index in [-0.39, 0.29) is 11.8 Å². The van der Waals surface area contributed by atoms with E-state index in [4.69, 9.17) is 4.74 Å². The number of methoxy groups -OCH3 is 1. The van der Waals surface area contributed by atoms with Crippen molar-refractivity contribution in [1.29, 1.82) is 0 Å². The summed E-state index contributed by atoms with van der Waals surface area (Å²) in [7, 11) is 1.62. The summed E-state index contributed by atoms with van der Waals surface area (Å²) in [6, 6.07) is 6.47. The molecule has 0 aliphatic carbocycles. The third kappa shape index (κ3) is 2.49. The highest BCUT2D eigenvalue weighted by Crippen LogP contribution is 2.35. The molecule has 5 heteroatoms. The van der Waals surface area contributed by atoms with Gasteiger partial charge in [-0.15, -0.1) is 0 Å². The molecular formula is C14H17BrN2O2. The molecule has 19 heavy (non-hydrogen) atoms. The quantitative estimate of drug-likeness (QED) is 0.898. The summed E-state index contributed by atoms with van der Waals surface area (Å²) < 4.78 is 6.05. The Balaban J connectivity index is 1.72. The Morgan fingerprint density at radius 3 is 2.95 bits per heavy atom. The van der Waals surface area contributed by atoms with Gasteiger partial charge >= 0.3 is 0 Å². The number of carbonyl (C=O) groups is 1. The van der Waals surface area contributed by atoms with Crippen LogP contribution in [-0.4, -0.2) is 25.1 Å². The van der Waals surface area contributed by atoms with Crippen LogP contribution < -0.4 is 15.4 Å². The molecule has 2 fully saturated rings. The van der Waals surface area contributed by atoms with E-state index in [1.807, 2.05) is 18.2 Å². The number of hydrogen-bond donors (Lipinski definition) is 2. The average Bonchev–Trinajstić information content (AvgIpc) is 3.03. The van der Waals surface area contributed by atoms with Crippen LogP contribution in [0.1, 0.15) is 19.3 Å². The van der Waals surface area contributed by atoms with E-state index in [0.29, 0.717) is 12.1 Å². The van der Waals surface area contributed by atoms with Crippen LogP contribution in [0.25, 0.3) is 0 Å². The van der Waals surface area contributed by atoms with E-state index in [9.17, 15) is 4.79 Å². The van der Waals surface area contributed by atoms with Gasteiger partial charge in [-0.1, -0.05) is 0 Å². The number of ether oxygens (including phenoxy) is 1. The van der Waals surface area contributed by atoms with Crippen molar-refractivity contribution in [2.45, 2.75) is 31.3 Å². The van der Waals surface area contributed by atoms with Gasteiger partial charge in [0.1, 0.15) is 5.75 Å². The highest BCUT2D eigenvalue weighted by molar-refractivity contribution is 9.10. The van der Waals surface area contributed by atoms with Crippen molar-refractivity contribution in [2.24, 2.45) is 5.92 Å². The van der Waals surface area contributed by atoms with Crippen LogP contribution in [0.2, 0.25) is 0 Å². The Hall–Kier alpha value is -1.07. The molecule has 102 valence electrons. The second-order valence-electron chi connectivity index (χ2n) is 5.22. The van der Waals surface area contributed by atoms with Gasteiger partial charge in [0.25, 0.3) is 0 Å². The van der Waals surface area contributed by atoms with Crippen molar-refractivity contribution in [2.75, 3.05) is 12.4 Å². The Morgan fingerprint density at radius 2 is 2.32 bits per heavy atom. The summed E-state index contributed by atoms with van der Waals surface area (Å²) in [5, 5.41) is 6.49. The van der Waals surface area contributed by atoms with Crippen molar-refractivity contribution >= 4 is 27.5 Å². The fraction of sp³-hybridized carbons (Fsp3) is 0.500.